The van der Waals surface area contributed by atoms with Gasteiger partial charge in [-0.25, -0.2) is 9.97 Å². The number of hydrogen-bond acceptors (Lipinski definition) is 2. The monoisotopic (exact) mass is 652 g/mol. The van der Waals surface area contributed by atoms with Crippen molar-refractivity contribution >= 4 is 71.5 Å². The second-order valence-electron chi connectivity index (χ2n) is 13.9. The maximum Gasteiger partial charge on any atom is 0.165 e. The van der Waals surface area contributed by atoms with Gasteiger partial charge < -0.3 is 4.57 Å². The molecule has 0 amide bonds. The molecule has 4 heteroatoms. The van der Waals surface area contributed by atoms with Crippen LogP contribution in [-0.4, -0.2) is 19.1 Å². The Labute approximate surface area is 294 Å². The Kier molecular flexibility index (Phi) is 5.97. The van der Waals surface area contributed by atoms with E-state index in [0.29, 0.717) is 5.92 Å². The molecule has 0 saturated heterocycles. The van der Waals surface area contributed by atoms with Crippen LogP contribution in [0.15, 0.2) is 152 Å². The Morgan fingerprint density at radius 2 is 1.29 bits per heavy atom. The van der Waals surface area contributed by atoms with Crippen LogP contribution in [0, 0.1) is 5.92 Å². The van der Waals surface area contributed by atoms with E-state index in [1.807, 2.05) is 12.1 Å². The maximum atomic E-state index is 5.43. The molecular weight excluding hydrogens is 621 g/mol. The third kappa shape index (κ3) is 4.20. The normalized spacial score (nSPS) is 14.4. The van der Waals surface area contributed by atoms with Crippen molar-refractivity contribution in [3.05, 3.63) is 163 Å². The average Bonchev–Trinajstić information content (AvgIpc) is 3.68. The van der Waals surface area contributed by atoms with Gasteiger partial charge in [-0.1, -0.05) is 110 Å². The molecule has 7 aromatic carbocycles. The van der Waals surface area contributed by atoms with Gasteiger partial charge >= 0.3 is 0 Å². The maximum absolute atomic E-state index is 5.43. The molecule has 11 rings (SSSR count). The minimum absolute atomic E-state index is 0.530. The lowest BCUT2D eigenvalue weighted by molar-refractivity contribution is 0.718. The smallest absolute Gasteiger partial charge is 0.165 e. The van der Waals surface area contributed by atoms with Crippen LogP contribution in [-0.2, 0) is 6.42 Å². The summed E-state index contributed by atoms with van der Waals surface area (Å²) in [7, 11) is 0. The van der Waals surface area contributed by atoms with Crippen LogP contribution in [0.4, 0.5) is 0 Å². The lowest BCUT2D eigenvalue weighted by Gasteiger charge is -2.17. The lowest BCUT2D eigenvalue weighted by atomic mass is 9.88. The van der Waals surface area contributed by atoms with E-state index in [0.717, 1.165) is 51.3 Å². The molecule has 1 unspecified atom stereocenters. The molecule has 0 radical (unpaired) electrons. The van der Waals surface area contributed by atoms with Gasteiger partial charge in [-0.2, -0.15) is 0 Å². The fourth-order valence-corrected chi connectivity index (χ4v) is 8.44. The summed E-state index contributed by atoms with van der Waals surface area (Å²) >= 11 is 0. The van der Waals surface area contributed by atoms with Crippen LogP contribution >= 0.6 is 0 Å². The molecule has 0 N–H and O–H groups in total. The second-order valence-corrected chi connectivity index (χ2v) is 13.9. The van der Waals surface area contributed by atoms with Crippen LogP contribution in [0.5, 0.6) is 0 Å². The van der Waals surface area contributed by atoms with Gasteiger partial charge in [-0.3, -0.25) is 4.57 Å². The fraction of sp³-hybridized carbons (Fsp3) is 0.0638. The molecule has 10 aromatic rings. The molecule has 1 aliphatic carbocycles. The van der Waals surface area contributed by atoms with Gasteiger partial charge in [0.15, 0.2) is 5.82 Å². The van der Waals surface area contributed by atoms with Crippen LogP contribution in [0.25, 0.3) is 94.3 Å². The van der Waals surface area contributed by atoms with E-state index in [2.05, 4.69) is 162 Å². The topological polar surface area (TPSA) is 35.6 Å². The van der Waals surface area contributed by atoms with Crippen molar-refractivity contribution in [2.75, 3.05) is 0 Å². The Hall–Kier alpha value is -6.52. The Morgan fingerprint density at radius 3 is 2.18 bits per heavy atom. The molecule has 0 aliphatic heterocycles. The summed E-state index contributed by atoms with van der Waals surface area (Å²) in [6.45, 7) is 2.30. The minimum Gasteiger partial charge on any atom is -0.309 e. The largest absolute Gasteiger partial charge is 0.309 e. The van der Waals surface area contributed by atoms with Crippen LogP contribution < -0.4 is 0 Å². The van der Waals surface area contributed by atoms with E-state index in [1.54, 1.807) is 0 Å². The number of rotatable bonds is 3. The molecule has 3 heterocycles. The highest BCUT2D eigenvalue weighted by Crippen LogP contribution is 2.43. The van der Waals surface area contributed by atoms with Gasteiger partial charge in [-0.15, -0.1) is 0 Å². The van der Waals surface area contributed by atoms with Crippen molar-refractivity contribution in [1.29, 1.82) is 0 Å². The second kappa shape index (κ2) is 10.7. The molecule has 3 aromatic heterocycles. The number of benzene rings is 7. The van der Waals surface area contributed by atoms with Gasteiger partial charge in [0, 0.05) is 32.8 Å². The van der Waals surface area contributed by atoms with Gasteiger partial charge in [0.25, 0.3) is 0 Å². The number of nitrogens with zero attached hydrogens (tertiary/aromatic N) is 4. The highest BCUT2D eigenvalue weighted by atomic mass is 15.1. The first-order chi connectivity index (χ1) is 25.2. The average molecular weight is 653 g/mol. The van der Waals surface area contributed by atoms with Crippen molar-refractivity contribution in [3.63, 3.8) is 0 Å². The van der Waals surface area contributed by atoms with E-state index in [1.165, 1.54) is 54.5 Å². The van der Waals surface area contributed by atoms with Crippen LogP contribution in [0.3, 0.4) is 0 Å². The van der Waals surface area contributed by atoms with Crippen LogP contribution in [0.2, 0.25) is 0 Å². The molecule has 0 bridgehead atoms. The summed E-state index contributed by atoms with van der Waals surface area (Å²) < 4.78 is 4.78. The zero-order valence-corrected chi connectivity index (χ0v) is 28.1. The van der Waals surface area contributed by atoms with Crippen molar-refractivity contribution in [3.8, 4) is 22.8 Å². The molecule has 51 heavy (non-hydrogen) atoms. The summed E-state index contributed by atoms with van der Waals surface area (Å²) in [6.07, 6.45) is 5.78. The lowest BCUT2D eigenvalue weighted by Crippen LogP contribution is -2.04. The molecule has 0 spiro atoms. The van der Waals surface area contributed by atoms with Gasteiger partial charge in [0.1, 0.15) is 5.69 Å². The Balaban J connectivity index is 1.29. The van der Waals surface area contributed by atoms with Gasteiger partial charge in [-0.05, 0) is 88.8 Å². The Morgan fingerprint density at radius 1 is 0.549 bits per heavy atom. The first-order valence-electron chi connectivity index (χ1n) is 17.7. The van der Waals surface area contributed by atoms with Gasteiger partial charge in [0.2, 0.25) is 0 Å². The number of hydrogen-bond donors (Lipinski definition) is 0. The summed E-state index contributed by atoms with van der Waals surface area (Å²) in [5, 5.41) is 7.36. The molecule has 240 valence electrons. The highest BCUT2D eigenvalue weighted by molar-refractivity contribution is 6.21. The van der Waals surface area contributed by atoms with Crippen molar-refractivity contribution < 1.29 is 0 Å². The third-order valence-electron chi connectivity index (χ3n) is 10.8. The van der Waals surface area contributed by atoms with Crippen molar-refractivity contribution in [2.45, 2.75) is 13.3 Å². The standard InChI is InChI=1S/C47H32N4/c1-29-19-23-35-32(25-29)22-24-42-45(35)38-27-37-36-15-7-10-18-41(36)51(43(37)28-44(38)50(42)34-13-3-2-4-14-34)47-46(48-39-16-8-9-17-40(39)49-47)33-21-20-30-11-5-6-12-31(30)26-33/h2-24,26-29H,25H2,1H3. The summed E-state index contributed by atoms with van der Waals surface area (Å²) in [5.41, 5.74) is 12.2. The van der Waals surface area contributed by atoms with E-state index in [4.69, 9.17) is 9.97 Å². The summed E-state index contributed by atoms with van der Waals surface area (Å²) in [5.74, 6) is 1.35. The number of allylic oxidation sites excluding steroid dienone is 1. The van der Waals surface area contributed by atoms with Crippen molar-refractivity contribution in [1.82, 2.24) is 19.1 Å². The van der Waals surface area contributed by atoms with E-state index in [-0.39, 0.29) is 0 Å². The molecule has 1 atom stereocenters. The van der Waals surface area contributed by atoms with E-state index >= 15 is 0 Å². The van der Waals surface area contributed by atoms with Gasteiger partial charge in [0.05, 0.1) is 33.1 Å². The van der Waals surface area contributed by atoms with E-state index < -0.39 is 0 Å². The zero-order chi connectivity index (χ0) is 33.6. The zero-order valence-electron chi connectivity index (χ0n) is 28.1. The summed E-state index contributed by atoms with van der Waals surface area (Å²) in [4.78, 5) is 10.8. The summed E-state index contributed by atoms with van der Waals surface area (Å²) in [6, 6.07) is 52.3. The number of fused-ring (bicyclic) bond motifs is 10. The number of aromatic nitrogens is 4. The predicted octanol–water partition coefficient (Wildman–Crippen LogP) is 11.8. The fourth-order valence-electron chi connectivity index (χ4n) is 8.44. The minimum atomic E-state index is 0.530. The van der Waals surface area contributed by atoms with E-state index in [9.17, 15) is 0 Å². The first kappa shape index (κ1) is 28.3. The molecular formula is C47H32N4. The molecule has 1 aliphatic rings. The Bertz CT molecular complexity index is 3070. The molecule has 0 fully saturated rings. The quantitative estimate of drug-likeness (QED) is 0.190. The van der Waals surface area contributed by atoms with Crippen molar-refractivity contribution in [2.24, 2.45) is 5.92 Å². The molecule has 4 nitrogen and oxygen atoms in total. The first-order valence-corrected chi connectivity index (χ1v) is 17.7. The number of para-hydroxylation sites is 4. The SMILES string of the molecule is CC1C=Cc2c(ccc3c2c2cc4c5ccccc5n(-c5nc6ccccc6nc5-c5ccc6ccccc6c5)c4cc2n3-c2ccccc2)C1. The van der Waals surface area contributed by atoms with Crippen LogP contribution in [0.1, 0.15) is 18.1 Å². The predicted molar refractivity (Wildman–Crippen MR) is 213 cm³/mol. The third-order valence-corrected chi connectivity index (χ3v) is 10.8. The highest BCUT2D eigenvalue weighted by Gasteiger charge is 2.24. The molecule has 0 saturated carbocycles.